The monoisotopic (exact) mass is 859 g/mol. The Bertz CT molecular complexity index is 3990. The van der Waals surface area contributed by atoms with E-state index in [9.17, 15) is 0 Å². The lowest BCUT2D eigenvalue weighted by Gasteiger charge is -2.42. The van der Waals surface area contributed by atoms with Gasteiger partial charge in [-0.2, -0.15) is 0 Å². The smallest absolute Gasteiger partial charge is 0.333 e. The van der Waals surface area contributed by atoms with E-state index < -0.39 is 0 Å². The summed E-state index contributed by atoms with van der Waals surface area (Å²) in [6.45, 7) is 13.7. The lowest BCUT2D eigenvalue weighted by atomic mass is 9.44. The first-order valence-corrected chi connectivity index (χ1v) is 23.9. The molecule has 306 valence electrons. The van der Waals surface area contributed by atoms with Crippen LogP contribution in [0.5, 0.6) is 0 Å². The van der Waals surface area contributed by atoms with Gasteiger partial charge in [0.2, 0.25) is 5.89 Å². The number of aromatic nitrogens is 2. The Morgan fingerprint density at radius 1 is 0.531 bits per heavy atom. The first-order chi connectivity index (χ1) is 31.0. The Labute approximate surface area is 379 Å². The minimum Gasteiger partial charge on any atom is -0.436 e. The van der Waals surface area contributed by atoms with Crippen LogP contribution in [0.3, 0.4) is 0 Å². The number of rotatable bonds is 2. The summed E-state index contributed by atoms with van der Waals surface area (Å²) in [5.74, 6) is 0.634. The van der Waals surface area contributed by atoms with Crippen LogP contribution in [-0.2, 0) is 10.8 Å². The molecule has 4 aromatic heterocycles. The number of nitrogens with zero attached hydrogens (tertiary/aromatic N) is 3. The highest BCUT2D eigenvalue weighted by molar-refractivity contribution is 7.26. The van der Waals surface area contributed by atoms with Crippen LogP contribution in [0.1, 0.15) is 52.7 Å². The molecule has 6 heterocycles. The molecule has 0 radical (unpaired) electrons. The van der Waals surface area contributed by atoms with Crippen LogP contribution in [0, 0.1) is 0 Å². The van der Waals surface area contributed by atoms with Crippen molar-refractivity contribution in [2.24, 2.45) is 0 Å². The molecule has 0 atom stereocenters. The number of fused-ring (bicyclic) bond motifs is 15. The minimum atomic E-state index is -0.142. The van der Waals surface area contributed by atoms with Gasteiger partial charge in [-0.05, 0) is 105 Å². The van der Waals surface area contributed by atoms with Gasteiger partial charge in [0.15, 0.2) is 5.58 Å². The van der Waals surface area contributed by atoms with E-state index >= 15 is 0 Å². The molecule has 0 spiro atoms. The van der Waals surface area contributed by atoms with Crippen LogP contribution >= 0.6 is 22.7 Å². The van der Waals surface area contributed by atoms with Gasteiger partial charge in [-0.15, -0.1) is 22.7 Å². The third-order valence-electron chi connectivity index (χ3n) is 14.1. The second-order valence-corrected chi connectivity index (χ2v) is 22.2. The number of hydrogen-bond donors (Lipinski definition) is 0. The van der Waals surface area contributed by atoms with Crippen LogP contribution in [0.2, 0.25) is 0 Å². The highest BCUT2D eigenvalue weighted by Gasteiger charge is 2.45. The summed E-state index contributed by atoms with van der Waals surface area (Å²) in [4.78, 5) is 7.85. The van der Waals surface area contributed by atoms with Gasteiger partial charge in [0.1, 0.15) is 5.52 Å². The Kier molecular flexibility index (Phi) is 7.20. The molecular formula is C57H42BN3OS2. The predicted molar refractivity (Wildman–Crippen MR) is 276 cm³/mol. The van der Waals surface area contributed by atoms with E-state index in [2.05, 4.69) is 178 Å². The van der Waals surface area contributed by atoms with Crippen LogP contribution < -0.4 is 15.7 Å². The maximum absolute atomic E-state index is 6.70. The summed E-state index contributed by atoms with van der Waals surface area (Å²) in [7, 11) is 0. The largest absolute Gasteiger partial charge is 0.436 e. The van der Waals surface area contributed by atoms with Crippen molar-refractivity contribution in [3.63, 3.8) is 0 Å². The van der Waals surface area contributed by atoms with Gasteiger partial charge >= 0.3 is 6.85 Å². The van der Waals surface area contributed by atoms with Crippen molar-refractivity contribution in [2.75, 3.05) is 4.81 Å². The Balaban J connectivity index is 1.13. The van der Waals surface area contributed by atoms with E-state index in [1.807, 2.05) is 40.9 Å². The highest BCUT2D eigenvalue weighted by Crippen LogP contribution is 2.50. The maximum Gasteiger partial charge on any atom is 0.333 e. The Morgan fingerprint density at radius 3 is 2.03 bits per heavy atom. The zero-order valence-corrected chi connectivity index (χ0v) is 38.1. The van der Waals surface area contributed by atoms with Crippen LogP contribution in [0.15, 0.2) is 150 Å². The average Bonchev–Trinajstić information content (AvgIpc) is 4.06. The van der Waals surface area contributed by atoms with Gasteiger partial charge in [0, 0.05) is 85.4 Å². The number of oxazole rings is 1. The molecule has 8 aromatic carbocycles. The molecule has 12 aromatic rings. The van der Waals surface area contributed by atoms with Crippen molar-refractivity contribution in [2.45, 2.75) is 52.4 Å². The van der Waals surface area contributed by atoms with E-state index in [0.717, 1.165) is 22.4 Å². The first kappa shape index (κ1) is 36.8. The molecule has 0 unspecified atom stereocenters. The number of benzene rings is 8. The fraction of sp³-hybridized carbons (Fsp3) is 0.140. The molecule has 0 bridgehead atoms. The molecule has 4 nitrogen and oxygen atoms in total. The summed E-state index contributed by atoms with van der Waals surface area (Å²) < 4.78 is 14.5. The van der Waals surface area contributed by atoms with E-state index in [4.69, 9.17) is 9.40 Å². The molecule has 0 saturated heterocycles. The summed E-state index contributed by atoms with van der Waals surface area (Å²) in [6.07, 6.45) is 0. The third-order valence-corrected chi connectivity index (χ3v) is 16.4. The molecule has 0 fully saturated rings. The van der Waals surface area contributed by atoms with Gasteiger partial charge in [-0.1, -0.05) is 114 Å². The lowest BCUT2D eigenvalue weighted by molar-refractivity contribution is 0.590. The Morgan fingerprint density at radius 2 is 1.22 bits per heavy atom. The minimum absolute atomic E-state index is 0.0250. The number of hydrogen-bond acceptors (Lipinski definition) is 5. The third kappa shape index (κ3) is 5.02. The van der Waals surface area contributed by atoms with E-state index in [0.29, 0.717) is 5.89 Å². The molecular weight excluding hydrogens is 818 g/mol. The van der Waals surface area contributed by atoms with Crippen LogP contribution in [0.25, 0.3) is 102 Å². The normalized spacial score (nSPS) is 13.7. The molecule has 2 aliphatic rings. The summed E-state index contributed by atoms with van der Waals surface area (Å²) in [5, 5.41) is 7.76. The van der Waals surface area contributed by atoms with Crippen molar-refractivity contribution >= 4 is 125 Å². The van der Waals surface area contributed by atoms with Crippen molar-refractivity contribution in [1.82, 2.24) is 9.55 Å². The predicted octanol–water partition coefficient (Wildman–Crippen LogP) is 15.2. The molecule has 0 N–H and O–H groups in total. The quantitative estimate of drug-likeness (QED) is 0.162. The molecule has 0 aliphatic carbocycles. The molecule has 14 rings (SSSR count). The molecule has 0 saturated carbocycles. The molecule has 2 aliphatic heterocycles. The highest BCUT2D eigenvalue weighted by atomic mass is 32.1. The number of anilines is 2. The average molecular weight is 860 g/mol. The fourth-order valence-corrected chi connectivity index (χ4v) is 13.2. The van der Waals surface area contributed by atoms with E-state index in [1.165, 1.54) is 107 Å². The topological polar surface area (TPSA) is 34.2 Å². The lowest BCUT2D eigenvalue weighted by Crippen LogP contribution is -2.60. The fourth-order valence-electron chi connectivity index (χ4n) is 10.9. The molecule has 64 heavy (non-hydrogen) atoms. The van der Waals surface area contributed by atoms with Gasteiger partial charge < -0.3 is 13.8 Å². The van der Waals surface area contributed by atoms with Gasteiger partial charge in [0.25, 0.3) is 0 Å². The van der Waals surface area contributed by atoms with Gasteiger partial charge in [-0.25, -0.2) is 4.98 Å². The SMILES string of the molecule is CC(C)(C)c1ccc(N2B3c4cc5nc(-c6ccccc6)oc5cc4-n4c5cc6c(cc5c5ccc(c3c54)-c3cc4sc5cc(C(C)(C)C)ccc5c4cc32)sc2ccccc26)cc1. The van der Waals surface area contributed by atoms with Crippen molar-refractivity contribution in [3.8, 4) is 28.3 Å². The first-order valence-electron chi connectivity index (χ1n) is 22.3. The molecule has 0 amide bonds. The summed E-state index contributed by atoms with van der Waals surface area (Å²) in [6, 6.07) is 54.9. The second kappa shape index (κ2) is 12.5. The zero-order valence-electron chi connectivity index (χ0n) is 36.5. The van der Waals surface area contributed by atoms with Crippen molar-refractivity contribution in [1.29, 1.82) is 0 Å². The summed E-state index contributed by atoms with van der Waals surface area (Å²) >= 11 is 3.80. The standard InChI is InChI=1S/C57H42BN3OS2/c1-56(2,3)32-16-19-34(20-17-32)61-46-26-42-36-21-18-33(57(4,5)6)24-50(36)64-52(42)27-39(46)37-22-23-38-40-28-51-41(35-14-10-11-15-49(35)63-51)25-45(40)60-47-30-48-44(29-43(47)58(61)53(37)54(38)60)59-55(62-48)31-12-8-7-9-13-31/h7-30H,1-6H3. The van der Waals surface area contributed by atoms with E-state index in [1.54, 1.807) is 0 Å². The van der Waals surface area contributed by atoms with Crippen molar-refractivity contribution in [3.05, 3.63) is 157 Å². The van der Waals surface area contributed by atoms with Crippen LogP contribution in [-0.4, -0.2) is 16.4 Å². The Hall–Kier alpha value is -6.67. The van der Waals surface area contributed by atoms with Gasteiger partial charge in [0.05, 0.1) is 11.0 Å². The zero-order chi connectivity index (χ0) is 43.0. The van der Waals surface area contributed by atoms with Gasteiger partial charge in [-0.3, -0.25) is 0 Å². The number of thiophene rings is 2. The van der Waals surface area contributed by atoms with Crippen LogP contribution in [0.4, 0.5) is 11.4 Å². The summed E-state index contributed by atoms with van der Waals surface area (Å²) in [5.41, 5.74) is 16.5. The molecule has 7 heteroatoms. The second-order valence-electron chi connectivity index (χ2n) is 20.0. The van der Waals surface area contributed by atoms with Crippen molar-refractivity contribution < 1.29 is 4.42 Å². The maximum atomic E-state index is 6.70. The van der Waals surface area contributed by atoms with E-state index in [-0.39, 0.29) is 17.7 Å².